The molecule has 0 radical (unpaired) electrons. The lowest BCUT2D eigenvalue weighted by molar-refractivity contribution is 0.0986. The van der Waals surface area contributed by atoms with E-state index in [0.29, 0.717) is 5.92 Å². The summed E-state index contributed by atoms with van der Waals surface area (Å²) in [6, 6.07) is 0.865. The molecule has 0 bridgehead atoms. The van der Waals surface area contributed by atoms with Gasteiger partial charge in [0.05, 0.1) is 6.10 Å². The van der Waals surface area contributed by atoms with Crippen molar-refractivity contribution in [2.75, 3.05) is 13.1 Å². The second kappa shape index (κ2) is 5.31. The van der Waals surface area contributed by atoms with Gasteiger partial charge in [0.15, 0.2) is 0 Å². The molecule has 2 saturated carbocycles. The van der Waals surface area contributed by atoms with E-state index >= 15 is 0 Å². The minimum absolute atomic E-state index is 0.00660. The highest BCUT2D eigenvalue weighted by Gasteiger charge is 2.33. The Bertz CT molecular complexity index is 191. The summed E-state index contributed by atoms with van der Waals surface area (Å²) in [5.41, 5.74) is 0. The first kappa shape index (κ1) is 11.4. The maximum absolute atomic E-state index is 9.84. The van der Waals surface area contributed by atoms with Gasteiger partial charge < -0.3 is 10.0 Å². The smallest absolute Gasteiger partial charge is 0.0580 e. The monoisotopic (exact) mass is 211 g/mol. The molecule has 0 aliphatic heterocycles. The number of unbranched alkanes of at least 4 members (excludes halogenated alkanes) is 1. The Morgan fingerprint density at radius 1 is 1.20 bits per heavy atom. The van der Waals surface area contributed by atoms with Crippen LogP contribution in [-0.2, 0) is 0 Å². The van der Waals surface area contributed by atoms with Gasteiger partial charge in [-0.25, -0.2) is 0 Å². The van der Waals surface area contributed by atoms with E-state index in [4.69, 9.17) is 0 Å². The molecule has 0 spiro atoms. The highest BCUT2D eigenvalue weighted by Crippen LogP contribution is 2.32. The van der Waals surface area contributed by atoms with Crippen molar-refractivity contribution in [1.29, 1.82) is 0 Å². The van der Waals surface area contributed by atoms with Crippen molar-refractivity contribution >= 4 is 0 Å². The summed E-state index contributed by atoms with van der Waals surface area (Å²) in [5, 5.41) is 9.84. The van der Waals surface area contributed by atoms with Crippen LogP contribution in [0.2, 0.25) is 0 Å². The van der Waals surface area contributed by atoms with Gasteiger partial charge in [-0.15, -0.1) is 0 Å². The topological polar surface area (TPSA) is 23.5 Å². The largest absolute Gasteiger partial charge is 0.393 e. The van der Waals surface area contributed by atoms with E-state index < -0.39 is 0 Å². The Morgan fingerprint density at radius 3 is 2.53 bits per heavy atom. The molecule has 2 aliphatic carbocycles. The zero-order valence-electron chi connectivity index (χ0n) is 9.99. The minimum Gasteiger partial charge on any atom is -0.393 e. The molecule has 2 fully saturated rings. The summed E-state index contributed by atoms with van der Waals surface area (Å²) in [6.07, 6.45) is 8.91. The van der Waals surface area contributed by atoms with Crippen LogP contribution in [0.15, 0.2) is 0 Å². The molecule has 0 aromatic heterocycles. The molecule has 0 saturated heterocycles. The fraction of sp³-hybridized carbons (Fsp3) is 1.00. The highest BCUT2D eigenvalue weighted by atomic mass is 16.3. The second-order valence-corrected chi connectivity index (χ2v) is 5.34. The van der Waals surface area contributed by atoms with Crippen LogP contribution in [0.3, 0.4) is 0 Å². The van der Waals surface area contributed by atoms with Gasteiger partial charge in [0.1, 0.15) is 0 Å². The summed E-state index contributed by atoms with van der Waals surface area (Å²) in [4.78, 5) is 2.64. The minimum atomic E-state index is -0.00660. The molecule has 0 heterocycles. The SMILES string of the molecule is CCCCN(CC1CCCC1O)C1CC1. The molecule has 2 nitrogen and oxygen atoms in total. The van der Waals surface area contributed by atoms with E-state index in [1.807, 2.05) is 0 Å². The van der Waals surface area contributed by atoms with E-state index in [2.05, 4.69) is 11.8 Å². The van der Waals surface area contributed by atoms with Gasteiger partial charge >= 0.3 is 0 Å². The van der Waals surface area contributed by atoms with Gasteiger partial charge in [0, 0.05) is 12.6 Å². The quantitative estimate of drug-likeness (QED) is 0.729. The first-order valence-corrected chi connectivity index (χ1v) is 6.73. The number of nitrogens with zero attached hydrogens (tertiary/aromatic N) is 1. The van der Waals surface area contributed by atoms with Gasteiger partial charge in [0.25, 0.3) is 0 Å². The van der Waals surface area contributed by atoms with Crippen LogP contribution in [0, 0.1) is 5.92 Å². The van der Waals surface area contributed by atoms with Crippen LogP contribution >= 0.6 is 0 Å². The van der Waals surface area contributed by atoms with Crippen molar-refractivity contribution in [3.63, 3.8) is 0 Å². The van der Waals surface area contributed by atoms with Gasteiger partial charge in [-0.3, -0.25) is 0 Å². The highest BCUT2D eigenvalue weighted by molar-refractivity contribution is 4.88. The van der Waals surface area contributed by atoms with E-state index in [0.717, 1.165) is 19.0 Å². The summed E-state index contributed by atoms with van der Waals surface area (Å²) >= 11 is 0. The van der Waals surface area contributed by atoms with E-state index in [-0.39, 0.29) is 6.10 Å². The Morgan fingerprint density at radius 2 is 2.00 bits per heavy atom. The summed E-state index contributed by atoms with van der Waals surface area (Å²) < 4.78 is 0. The third-order valence-electron chi connectivity index (χ3n) is 3.95. The molecule has 0 aromatic carbocycles. The van der Waals surface area contributed by atoms with Gasteiger partial charge in [0.2, 0.25) is 0 Å². The molecule has 2 rings (SSSR count). The molecular formula is C13H25NO. The zero-order valence-corrected chi connectivity index (χ0v) is 9.99. The van der Waals surface area contributed by atoms with Crippen LogP contribution in [0.25, 0.3) is 0 Å². The van der Waals surface area contributed by atoms with E-state index in [1.165, 1.54) is 45.1 Å². The van der Waals surface area contributed by atoms with Gasteiger partial charge in [-0.2, -0.15) is 0 Å². The standard InChI is InChI=1S/C13H25NO/c1-2-3-9-14(12-7-8-12)10-11-5-4-6-13(11)15/h11-13,15H,2-10H2,1H3. The fourth-order valence-corrected chi connectivity index (χ4v) is 2.76. The van der Waals surface area contributed by atoms with Crippen molar-refractivity contribution in [2.24, 2.45) is 5.92 Å². The fourth-order valence-electron chi connectivity index (χ4n) is 2.76. The molecule has 88 valence electrons. The van der Waals surface area contributed by atoms with Crippen molar-refractivity contribution in [3.8, 4) is 0 Å². The predicted octanol–water partition coefficient (Wildman–Crippen LogP) is 2.41. The van der Waals surface area contributed by atoms with Crippen LogP contribution in [0.1, 0.15) is 51.9 Å². The lowest BCUT2D eigenvalue weighted by Gasteiger charge is -2.26. The van der Waals surface area contributed by atoms with Crippen LogP contribution in [0.5, 0.6) is 0 Å². The first-order chi connectivity index (χ1) is 7.31. The maximum Gasteiger partial charge on any atom is 0.0580 e. The molecule has 2 atom stereocenters. The number of hydrogen-bond donors (Lipinski definition) is 1. The molecule has 0 aromatic rings. The van der Waals surface area contributed by atoms with Gasteiger partial charge in [-0.05, 0) is 44.6 Å². The first-order valence-electron chi connectivity index (χ1n) is 6.73. The second-order valence-electron chi connectivity index (χ2n) is 5.34. The van der Waals surface area contributed by atoms with Crippen molar-refractivity contribution in [2.45, 2.75) is 64.0 Å². The van der Waals surface area contributed by atoms with Crippen LogP contribution in [-0.4, -0.2) is 35.2 Å². The molecule has 2 aliphatic rings. The molecular weight excluding hydrogens is 186 g/mol. The normalized spacial score (nSPS) is 31.4. The Kier molecular flexibility index (Phi) is 4.04. The van der Waals surface area contributed by atoms with Gasteiger partial charge in [-0.1, -0.05) is 19.8 Å². The average Bonchev–Trinajstić information content (AvgIpc) is 2.99. The predicted molar refractivity (Wildman–Crippen MR) is 62.9 cm³/mol. The maximum atomic E-state index is 9.84. The van der Waals surface area contributed by atoms with E-state index in [1.54, 1.807) is 0 Å². The molecule has 15 heavy (non-hydrogen) atoms. The lowest BCUT2D eigenvalue weighted by Crippen LogP contribution is -2.35. The number of hydrogen-bond acceptors (Lipinski definition) is 2. The summed E-state index contributed by atoms with van der Waals surface area (Å²) in [7, 11) is 0. The molecule has 1 N–H and O–H groups in total. The third-order valence-corrected chi connectivity index (χ3v) is 3.95. The third kappa shape index (κ3) is 3.18. The summed E-state index contributed by atoms with van der Waals surface area (Å²) in [6.45, 7) is 4.67. The Balaban J connectivity index is 1.77. The van der Waals surface area contributed by atoms with Crippen LogP contribution in [0.4, 0.5) is 0 Å². The Hall–Kier alpha value is -0.0800. The molecule has 2 heteroatoms. The van der Waals surface area contributed by atoms with Crippen LogP contribution < -0.4 is 0 Å². The van der Waals surface area contributed by atoms with Crippen molar-refractivity contribution < 1.29 is 5.11 Å². The Labute approximate surface area is 93.7 Å². The zero-order chi connectivity index (χ0) is 10.7. The van der Waals surface area contributed by atoms with Crippen molar-refractivity contribution in [1.82, 2.24) is 4.90 Å². The van der Waals surface area contributed by atoms with E-state index in [9.17, 15) is 5.11 Å². The molecule has 2 unspecified atom stereocenters. The number of aliphatic hydroxyl groups excluding tert-OH is 1. The van der Waals surface area contributed by atoms with Crippen molar-refractivity contribution in [3.05, 3.63) is 0 Å². The average molecular weight is 211 g/mol. The molecule has 0 amide bonds. The summed E-state index contributed by atoms with van der Waals surface area (Å²) in [5.74, 6) is 0.572. The number of rotatable bonds is 6. The number of aliphatic hydroxyl groups is 1. The lowest BCUT2D eigenvalue weighted by atomic mass is 10.1.